The van der Waals surface area contributed by atoms with Gasteiger partial charge in [-0.3, -0.25) is 21.0 Å². The Hall–Kier alpha value is -2.77. The van der Waals surface area contributed by atoms with E-state index in [1.54, 1.807) is 6.08 Å². The highest BCUT2D eigenvalue weighted by atomic mass is 32.1. The molecular formula is C17H16N4OS2. The highest BCUT2D eigenvalue weighted by Crippen LogP contribution is 2.04. The lowest BCUT2D eigenvalue weighted by Gasteiger charge is -2.13. The third-order valence-electron chi connectivity index (χ3n) is 2.78. The summed E-state index contributed by atoms with van der Waals surface area (Å²) in [5.41, 5.74) is 7.12. The number of hydrogen-bond acceptors (Lipinski definition) is 3. The molecule has 0 fully saturated rings. The average Bonchev–Trinajstić information content (AvgIpc) is 2.60. The minimum absolute atomic E-state index is 0.120. The number of thiocarbonyl (C=S) groups is 2. The van der Waals surface area contributed by atoms with E-state index < -0.39 is 0 Å². The molecule has 4 N–H and O–H groups in total. The maximum Gasteiger partial charge on any atom is 0.250 e. The normalized spacial score (nSPS) is 10.0. The summed E-state index contributed by atoms with van der Waals surface area (Å²) in [4.78, 5) is 11.8. The van der Waals surface area contributed by atoms with Crippen LogP contribution in [0.1, 0.15) is 5.56 Å². The summed E-state index contributed by atoms with van der Waals surface area (Å²) in [6, 6.07) is 18.9. The summed E-state index contributed by atoms with van der Waals surface area (Å²) in [5.74, 6) is -0.333. The third-order valence-corrected chi connectivity index (χ3v) is 3.19. The third kappa shape index (κ3) is 6.55. The van der Waals surface area contributed by atoms with Crippen molar-refractivity contribution < 1.29 is 4.79 Å². The van der Waals surface area contributed by atoms with Crippen molar-refractivity contribution in [3.05, 3.63) is 72.3 Å². The molecule has 7 heteroatoms. The first-order chi connectivity index (χ1) is 11.6. The SMILES string of the molecule is O=C(/C=C/c1ccccc1)NC(=S)NNC(=S)Nc1ccccc1. The van der Waals surface area contributed by atoms with Gasteiger partial charge in [0.1, 0.15) is 0 Å². The molecule has 2 rings (SSSR count). The summed E-state index contributed by atoms with van der Waals surface area (Å²) >= 11 is 10.1. The van der Waals surface area contributed by atoms with Crippen molar-refractivity contribution in [2.24, 2.45) is 0 Å². The van der Waals surface area contributed by atoms with E-state index in [9.17, 15) is 4.79 Å². The van der Waals surface area contributed by atoms with E-state index in [2.05, 4.69) is 21.5 Å². The Morgan fingerprint density at radius 1 is 0.833 bits per heavy atom. The zero-order valence-corrected chi connectivity index (χ0v) is 14.3. The smallest absolute Gasteiger partial charge is 0.250 e. The van der Waals surface area contributed by atoms with Crippen molar-refractivity contribution in [3.63, 3.8) is 0 Å². The van der Waals surface area contributed by atoms with Gasteiger partial charge in [-0.2, -0.15) is 0 Å². The Morgan fingerprint density at radius 2 is 1.42 bits per heavy atom. The molecule has 0 radical (unpaired) electrons. The molecular weight excluding hydrogens is 340 g/mol. The summed E-state index contributed by atoms with van der Waals surface area (Å²) < 4.78 is 0. The number of amides is 1. The Labute approximate surface area is 151 Å². The van der Waals surface area contributed by atoms with Gasteiger partial charge in [0.05, 0.1) is 0 Å². The second kappa shape index (κ2) is 9.39. The second-order valence-electron chi connectivity index (χ2n) is 4.63. The van der Waals surface area contributed by atoms with Crippen LogP contribution in [0.4, 0.5) is 5.69 Å². The number of carbonyl (C=O) groups is 1. The molecule has 0 atom stereocenters. The maximum absolute atomic E-state index is 11.8. The average molecular weight is 356 g/mol. The molecule has 0 aromatic heterocycles. The molecule has 0 saturated heterocycles. The van der Waals surface area contributed by atoms with E-state index in [0.717, 1.165) is 11.3 Å². The Morgan fingerprint density at radius 3 is 2.08 bits per heavy atom. The zero-order valence-electron chi connectivity index (χ0n) is 12.7. The molecule has 0 bridgehead atoms. The molecule has 0 aliphatic carbocycles. The van der Waals surface area contributed by atoms with Crippen LogP contribution in [0, 0.1) is 0 Å². The van der Waals surface area contributed by atoms with Gasteiger partial charge in [-0.15, -0.1) is 0 Å². The second-order valence-corrected chi connectivity index (χ2v) is 5.45. The lowest BCUT2D eigenvalue weighted by molar-refractivity contribution is -0.115. The van der Waals surface area contributed by atoms with Crippen LogP contribution in [-0.4, -0.2) is 16.1 Å². The van der Waals surface area contributed by atoms with Crippen LogP contribution < -0.4 is 21.5 Å². The summed E-state index contributed by atoms with van der Waals surface area (Å²) in [5, 5.41) is 5.93. The molecule has 5 nitrogen and oxygen atoms in total. The highest BCUT2D eigenvalue weighted by molar-refractivity contribution is 7.80. The molecule has 0 spiro atoms. The van der Waals surface area contributed by atoms with E-state index in [4.69, 9.17) is 24.4 Å². The zero-order chi connectivity index (χ0) is 17.2. The van der Waals surface area contributed by atoms with Crippen molar-refractivity contribution in [1.29, 1.82) is 0 Å². The summed E-state index contributed by atoms with van der Waals surface area (Å²) in [6.45, 7) is 0. The fourth-order valence-corrected chi connectivity index (χ4v) is 2.04. The van der Waals surface area contributed by atoms with Gasteiger partial charge >= 0.3 is 0 Å². The number of para-hydroxylation sites is 1. The molecule has 0 heterocycles. The number of carbonyl (C=O) groups excluding carboxylic acids is 1. The molecule has 122 valence electrons. The van der Waals surface area contributed by atoms with Crippen molar-refractivity contribution in [1.82, 2.24) is 16.2 Å². The molecule has 2 aromatic rings. The van der Waals surface area contributed by atoms with Crippen molar-refractivity contribution >= 4 is 52.3 Å². The van der Waals surface area contributed by atoms with Crippen LogP contribution in [0.15, 0.2) is 66.7 Å². The lowest BCUT2D eigenvalue weighted by atomic mass is 10.2. The maximum atomic E-state index is 11.8. The Kier molecular flexibility index (Phi) is 6.88. The van der Waals surface area contributed by atoms with E-state index in [1.807, 2.05) is 60.7 Å². The van der Waals surface area contributed by atoms with E-state index in [1.165, 1.54) is 6.08 Å². The first-order valence-electron chi connectivity index (χ1n) is 7.09. The van der Waals surface area contributed by atoms with E-state index in [-0.39, 0.29) is 11.0 Å². The molecule has 1 amide bonds. The Balaban J connectivity index is 1.71. The monoisotopic (exact) mass is 356 g/mol. The van der Waals surface area contributed by atoms with Gasteiger partial charge in [0, 0.05) is 11.8 Å². The largest absolute Gasteiger partial charge is 0.331 e. The first-order valence-corrected chi connectivity index (χ1v) is 7.91. The van der Waals surface area contributed by atoms with Crippen LogP contribution in [0.2, 0.25) is 0 Å². The topological polar surface area (TPSA) is 65.2 Å². The van der Waals surface area contributed by atoms with Crippen molar-refractivity contribution in [2.45, 2.75) is 0 Å². The molecule has 0 aliphatic rings. The highest BCUT2D eigenvalue weighted by Gasteiger charge is 2.01. The van der Waals surface area contributed by atoms with Gasteiger partial charge in [0.2, 0.25) is 5.91 Å². The van der Waals surface area contributed by atoms with Crippen molar-refractivity contribution in [2.75, 3.05) is 5.32 Å². The minimum atomic E-state index is -0.333. The van der Waals surface area contributed by atoms with E-state index >= 15 is 0 Å². The number of anilines is 1. The van der Waals surface area contributed by atoms with Crippen LogP contribution in [0.25, 0.3) is 6.08 Å². The number of rotatable bonds is 3. The number of hydrogen-bond donors (Lipinski definition) is 4. The molecule has 0 saturated carbocycles. The van der Waals surface area contributed by atoms with Crippen LogP contribution >= 0.6 is 24.4 Å². The molecule has 2 aromatic carbocycles. The van der Waals surface area contributed by atoms with Gasteiger partial charge in [0.25, 0.3) is 0 Å². The van der Waals surface area contributed by atoms with Gasteiger partial charge in [-0.25, -0.2) is 0 Å². The summed E-state index contributed by atoms with van der Waals surface area (Å²) in [7, 11) is 0. The van der Waals surface area contributed by atoms with Crippen LogP contribution in [0.3, 0.4) is 0 Å². The molecule has 24 heavy (non-hydrogen) atoms. The van der Waals surface area contributed by atoms with E-state index in [0.29, 0.717) is 5.11 Å². The van der Waals surface area contributed by atoms with Crippen LogP contribution in [0.5, 0.6) is 0 Å². The predicted molar refractivity (Wildman–Crippen MR) is 105 cm³/mol. The predicted octanol–water partition coefficient (Wildman–Crippen LogP) is 2.59. The van der Waals surface area contributed by atoms with Crippen LogP contribution in [-0.2, 0) is 4.79 Å². The summed E-state index contributed by atoms with van der Waals surface area (Å²) in [6.07, 6.45) is 3.11. The first kappa shape index (κ1) is 17.6. The lowest BCUT2D eigenvalue weighted by Crippen LogP contribution is -2.49. The molecule has 0 aliphatic heterocycles. The fourth-order valence-electron chi connectivity index (χ4n) is 1.72. The van der Waals surface area contributed by atoms with Gasteiger partial charge in [-0.1, -0.05) is 48.5 Å². The van der Waals surface area contributed by atoms with Gasteiger partial charge < -0.3 is 5.32 Å². The number of nitrogens with one attached hydrogen (secondary N) is 4. The molecule has 0 unspecified atom stereocenters. The quantitative estimate of drug-likeness (QED) is 0.385. The minimum Gasteiger partial charge on any atom is -0.331 e. The van der Waals surface area contributed by atoms with Gasteiger partial charge in [-0.05, 0) is 48.2 Å². The fraction of sp³-hybridized carbons (Fsp3) is 0. The number of benzene rings is 2. The van der Waals surface area contributed by atoms with Crippen molar-refractivity contribution in [3.8, 4) is 0 Å². The standard InChI is InChI=1S/C17H16N4OS2/c22-15(12-11-13-7-3-1-4-8-13)19-17(24)21-20-16(23)18-14-9-5-2-6-10-14/h1-12H,(H2,18,20,23)(H2,19,21,22,24)/b12-11+. The Bertz CT molecular complexity index is 733. The number of hydrazine groups is 1. The van der Waals surface area contributed by atoms with Gasteiger partial charge in [0.15, 0.2) is 10.2 Å².